The van der Waals surface area contributed by atoms with Crippen molar-refractivity contribution in [3.05, 3.63) is 35.7 Å². The minimum absolute atomic E-state index is 1.09. The maximum absolute atomic E-state index is 4.78. The Labute approximate surface area is 118 Å². The molecule has 3 nitrogen and oxygen atoms in total. The van der Waals surface area contributed by atoms with Crippen molar-refractivity contribution in [3.8, 4) is 11.3 Å². The average molecular weight is 273 g/mol. The second kappa shape index (κ2) is 5.72. The highest BCUT2D eigenvalue weighted by atomic mass is 32.1. The molecule has 0 saturated carbocycles. The molecule has 0 N–H and O–H groups in total. The lowest BCUT2D eigenvalue weighted by atomic mass is 10.2. The zero-order valence-corrected chi connectivity index (χ0v) is 12.1. The molecule has 1 aromatic heterocycles. The highest BCUT2D eigenvalue weighted by Gasteiger charge is 2.18. The molecule has 4 heteroatoms. The first kappa shape index (κ1) is 12.6. The summed E-state index contributed by atoms with van der Waals surface area (Å²) in [4.78, 5) is 9.68. The Morgan fingerprint density at radius 1 is 1.11 bits per heavy atom. The molecular weight excluding hydrogens is 254 g/mol. The lowest BCUT2D eigenvalue weighted by molar-refractivity contribution is 0.271. The predicted molar refractivity (Wildman–Crippen MR) is 81.9 cm³/mol. The SMILES string of the molecule is CCN1CCN(c2nc(-c3ccccc3)cs2)CC1. The summed E-state index contributed by atoms with van der Waals surface area (Å²) in [6.07, 6.45) is 0. The van der Waals surface area contributed by atoms with Crippen LogP contribution in [-0.2, 0) is 0 Å². The van der Waals surface area contributed by atoms with E-state index in [0.717, 1.165) is 43.5 Å². The van der Waals surface area contributed by atoms with Gasteiger partial charge in [0.05, 0.1) is 5.69 Å². The van der Waals surface area contributed by atoms with Gasteiger partial charge in [-0.05, 0) is 6.54 Å². The highest BCUT2D eigenvalue weighted by molar-refractivity contribution is 7.14. The summed E-state index contributed by atoms with van der Waals surface area (Å²) < 4.78 is 0. The Morgan fingerprint density at radius 3 is 2.53 bits per heavy atom. The van der Waals surface area contributed by atoms with E-state index in [1.807, 2.05) is 6.07 Å². The quantitative estimate of drug-likeness (QED) is 0.857. The molecule has 2 heterocycles. The van der Waals surface area contributed by atoms with Crippen molar-refractivity contribution < 1.29 is 0 Å². The van der Waals surface area contributed by atoms with E-state index >= 15 is 0 Å². The van der Waals surface area contributed by atoms with Crippen LogP contribution < -0.4 is 4.90 Å². The fourth-order valence-electron chi connectivity index (χ4n) is 2.41. The minimum atomic E-state index is 1.09. The maximum Gasteiger partial charge on any atom is 0.185 e. The van der Waals surface area contributed by atoms with Crippen molar-refractivity contribution in [2.75, 3.05) is 37.6 Å². The lowest BCUT2D eigenvalue weighted by Gasteiger charge is -2.33. The molecule has 0 atom stereocenters. The largest absolute Gasteiger partial charge is 0.346 e. The molecule has 2 aromatic rings. The number of hydrogen-bond donors (Lipinski definition) is 0. The van der Waals surface area contributed by atoms with Crippen molar-refractivity contribution in [1.29, 1.82) is 0 Å². The molecule has 1 aromatic carbocycles. The van der Waals surface area contributed by atoms with Gasteiger partial charge in [0, 0.05) is 37.1 Å². The van der Waals surface area contributed by atoms with Crippen LogP contribution in [0.5, 0.6) is 0 Å². The monoisotopic (exact) mass is 273 g/mol. The van der Waals surface area contributed by atoms with Crippen LogP contribution in [-0.4, -0.2) is 42.6 Å². The Bertz CT molecular complexity index is 515. The first-order valence-corrected chi connectivity index (χ1v) is 7.73. The number of nitrogens with zero attached hydrogens (tertiary/aromatic N) is 3. The number of benzene rings is 1. The minimum Gasteiger partial charge on any atom is -0.346 e. The summed E-state index contributed by atoms with van der Waals surface area (Å²) >= 11 is 1.76. The fourth-order valence-corrected chi connectivity index (χ4v) is 3.29. The summed E-state index contributed by atoms with van der Waals surface area (Å²) in [6, 6.07) is 10.4. The van der Waals surface area contributed by atoms with Gasteiger partial charge in [-0.2, -0.15) is 0 Å². The van der Waals surface area contributed by atoms with Gasteiger partial charge in [-0.1, -0.05) is 37.3 Å². The molecule has 0 aliphatic carbocycles. The van der Waals surface area contributed by atoms with E-state index in [1.165, 1.54) is 5.56 Å². The van der Waals surface area contributed by atoms with Gasteiger partial charge in [0.1, 0.15) is 0 Å². The molecule has 1 saturated heterocycles. The molecule has 1 aliphatic rings. The van der Waals surface area contributed by atoms with Crippen LogP contribution in [0.3, 0.4) is 0 Å². The normalized spacial score (nSPS) is 16.8. The number of likely N-dealkylation sites (N-methyl/N-ethyl adjacent to an activating group) is 1. The number of thiazole rings is 1. The van der Waals surface area contributed by atoms with Gasteiger partial charge >= 0.3 is 0 Å². The van der Waals surface area contributed by atoms with Crippen LogP contribution >= 0.6 is 11.3 Å². The van der Waals surface area contributed by atoms with Crippen LogP contribution in [0.2, 0.25) is 0 Å². The van der Waals surface area contributed by atoms with Crippen molar-refractivity contribution in [1.82, 2.24) is 9.88 Å². The molecule has 0 spiro atoms. The van der Waals surface area contributed by atoms with Gasteiger partial charge in [0.25, 0.3) is 0 Å². The summed E-state index contributed by atoms with van der Waals surface area (Å²) in [5, 5.41) is 3.33. The smallest absolute Gasteiger partial charge is 0.185 e. The van der Waals surface area contributed by atoms with Crippen LogP contribution in [0.15, 0.2) is 35.7 Å². The third kappa shape index (κ3) is 2.80. The summed E-state index contributed by atoms with van der Waals surface area (Å²) in [5.74, 6) is 0. The second-order valence-corrected chi connectivity index (χ2v) is 5.64. The van der Waals surface area contributed by atoms with Crippen molar-refractivity contribution in [3.63, 3.8) is 0 Å². The molecule has 0 radical (unpaired) electrons. The maximum atomic E-state index is 4.78. The Morgan fingerprint density at radius 2 is 1.84 bits per heavy atom. The molecule has 1 aliphatic heterocycles. The van der Waals surface area contributed by atoms with Crippen molar-refractivity contribution >= 4 is 16.5 Å². The van der Waals surface area contributed by atoms with Crippen molar-refractivity contribution in [2.45, 2.75) is 6.92 Å². The number of hydrogen-bond acceptors (Lipinski definition) is 4. The van der Waals surface area contributed by atoms with E-state index in [2.05, 4.69) is 46.4 Å². The van der Waals surface area contributed by atoms with Crippen LogP contribution in [0, 0.1) is 0 Å². The van der Waals surface area contributed by atoms with E-state index in [-0.39, 0.29) is 0 Å². The van der Waals surface area contributed by atoms with Gasteiger partial charge in [-0.3, -0.25) is 0 Å². The third-order valence-electron chi connectivity index (χ3n) is 3.65. The average Bonchev–Trinajstić information content (AvgIpc) is 2.98. The van der Waals surface area contributed by atoms with E-state index in [9.17, 15) is 0 Å². The van der Waals surface area contributed by atoms with Crippen LogP contribution in [0.4, 0.5) is 5.13 Å². The molecule has 100 valence electrons. The third-order valence-corrected chi connectivity index (χ3v) is 4.55. The zero-order valence-electron chi connectivity index (χ0n) is 11.2. The summed E-state index contributed by atoms with van der Waals surface area (Å²) in [5.41, 5.74) is 2.30. The standard InChI is InChI=1S/C15H19N3S/c1-2-17-8-10-18(11-9-17)15-16-14(12-19-15)13-6-4-3-5-7-13/h3-7,12H,2,8-11H2,1H3. The van der Waals surface area contributed by atoms with E-state index in [1.54, 1.807) is 11.3 Å². The van der Waals surface area contributed by atoms with E-state index in [4.69, 9.17) is 4.98 Å². The zero-order chi connectivity index (χ0) is 13.1. The second-order valence-electron chi connectivity index (χ2n) is 4.80. The Balaban J connectivity index is 1.72. The van der Waals surface area contributed by atoms with E-state index in [0.29, 0.717) is 0 Å². The van der Waals surface area contributed by atoms with Gasteiger partial charge in [-0.25, -0.2) is 4.98 Å². The van der Waals surface area contributed by atoms with E-state index < -0.39 is 0 Å². The first-order valence-electron chi connectivity index (χ1n) is 6.85. The summed E-state index contributed by atoms with van der Waals surface area (Å²) in [6.45, 7) is 7.87. The number of piperazine rings is 1. The van der Waals surface area contributed by atoms with Crippen LogP contribution in [0.25, 0.3) is 11.3 Å². The van der Waals surface area contributed by atoms with Gasteiger partial charge in [0.2, 0.25) is 0 Å². The molecule has 0 bridgehead atoms. The molecule has 0 amide bonds. The Kier molecular flexibility index (Phi) is 3.80. The number of anilines is 1. The fraction of sp³-hybridized carbons (Fsp3) is 0.400. The molecule has 1 fully saturated rings. The molecule has 0 unspecified atom stereocenters. The summed E-state index contributed by atoms with van der Waals surface area (Å²) in [7, 11) is 0. The van der Waals surface area contributed by atoms with Gasteiger partial charge in [-0.15, -0.1) is 11.3 Å². The van der Waals surface area contributed by atoms with Gasteiger partial charge in [0.15, 0.2) is 5.13 Å². The molecular formula is C15H19N3S. The first-order chi connectivity index (χ1) is 9.36. The topological polar surface area (TPSA) is 19.4 Å². The molecule has 3 rings (SSSR count). The highest BCUT2D eigenvalue weighted by Crippen LogP contribution is 2.27. The number of rotatable bonds is 3. The van der Waals surface area contributed by atoms with Gasteiger partial charge < -0.3 is 9.80 Å². The number of aromatic nitrogens is 1. The molecule has 19 heavy (non-hydrogen) atoms. The van der Waals surface area contributed by atoms with Crippen molar-refractivity contribution in [2.24, 2.45) is 0 Å². The van der Waals surface area contributed by atoms with Crippen LogP contribution in [0.1, 0.15) is 6.92 Å². The Hall–Kier alpha value is -1.39. The lowest BCUT2D eigenvalue weighted by Crippen LogP contribution is -2.46. The predicted octanol–water partition coefficient (Wildman–Crippen LogP) is 2.95.